The van der Waals surface area contributed by atoms with E-state index in [9.17, 15) is 18.0 Å². The van der Waals surface area contributed by atoms with E-state index in [1.807, 2.05) is 6.92 Å². The van der Waals surface area contributed by atoms with Crippen molar-refractivity contribution in [1.82, 2.24) is 25.6 Å². The summed E-state index contributed by atoms with van der Waals surface area (Å²) in [5, 5.41) is 6.70. The SMILES string of the molecule is CCCc1n[nH]c(=S)n1CC(=O)NNC(=O)CC1CCS(=O)(=O)C1. The van der Waals surface area contributed by atoms with E-state index >= 15 is 0 Å². The van der Waals surface area contributed by atoms with Crippen LogP contribution in [0.15, 0.2) is 0 Å². The highest BCUT2D eigenvalue weighted by atomic mass is 32.2. The average Bonchev–Trinajstić information content (AvgIpc) is 3.01. The molecule has 0 aromatic carbocycles. The number of aromatic nitrogens is 3. The van der Waals surface area contributed by atoms with Gasteiger partial charge in [0.25, 0.3) is 5.91 Å². The molecule has 1 aromatic rings. The van der Waals surface area contributed by atoms with Gasteiger partial charge in [0, 0.05) is 12.8 Å². The molecule has 1 unspecified atom stereocenters. The lowest BCUT2D eigenvalue weighted by Gasteiger charge is -2.11. The number of carbonyl (C=O) groups is 2. The van der Waals surface area contributed by atoms with Gasteiger partial charge in [-0.05, 0) is 31.0 Å². The van der Waals surface area contributed by atoms with Gasteiger partial charge in [0.2, 0.25) is 5.91 Å². The molecule has 11 heteroatoms. The highest BCUT2D eigenvalue weighted by Crippen LogP contribution is 2.21. The number of carbonyl (C=O) groups excluding carboxylic acids is 2. The molecule has 1 aromatic heterocycles. The summed E-state index contributed by atoms with van der Waals surface area (Å²) < 4.78 is 24.6. The van der Waals surface area contributed by atoms with Gasteiger partial charge in [-0.15, -0.1) is 0 Å². The van der Waals surface area contributed by atoms with Gasteiger partial charge in [-0.2, -0.15) is 5.10 Å². The summed E-state index contributed by atoms with van der Waals surface area (Å²) in [6.45, 7) is 1.94. The minimum Gasteiger partial charge on any atom is -0.295 e. The van der Waals surface area contributed by atoms with E-state index in [0.29, 0.717) is 23.4 Å². The lowest BCUT2D eigenvalue weighted by Crippen LogP contribution is -2.43. The van der Waals surface area contributed by atoms with Crippen LogP contribution in [0, 0.1) is 10.7 Å². The van der Waals surface area contributed by atoms with Crippen molar-refractivity contribution < 1.29 is 18.0 Å². The average molecular weight is 375 g/mol. The molecule has 2 rings (SSSR count). The van der Waals surface area contributed by atoms with Crippen molar-refractivity contribution in [3.05, 3.63) is 10.6 Å². The van der Waals surface area contributed by atoms with Crippen LogP contribution in [-0.2, 0) is 32.4 Å². The molecule has 3 N–H and O–H groups in total. The van der Waals surface area contributed by atoms with Crippen LogP contribution in [0.25, 0.3) is 0 Å². The number of amides is 2. The van der Waals surface area contributed by atoms with Gasteiger partial charge >= 0.3 is 0 Å². The quantitative estimate of drug-likeness (QED) is 0.469. The Bertz CT molecular complexity index is 768. The third-order valence-corrected chi connectivity index (χ3v) is 5.90. The number of nitrogens with zero attached hydrogens (tertiary/aromatic N) is 2. The highest BCUT2D eigenvalue weighted by molar-refractivity contribution is 7.91. The molecule has 0 saturated carbocycles. The Morgan fingerprint density at radius 2 is 2.08 bits per heavy atom. The van der Waals surface area contributed by atoms with Gasteiger partial charge in [-0.3, -0.25) is 30.1 Å². The normalized spacial score (nSPS) is 19.1. The Morgan fingerprint density at radius 1 is 1.38 bits per heavy atom. The zero-order chi connectivity index (χ0) is 17.7. The molecule has 1 fully saturated rings. The summed E-state index contributed by atoms with van der Waals surface area (Å²) in [6, 6.07) is 0. The van der Waals surface area contributed by atoms with E-state index in [-0.39, 0.29) is 30.4 Å². The summed E-state index contributed by atoms with van der Waals surface area (Å²) in [5.41, 5.74) is 4.62. The largest absolute Gasteiger partial charge is 0.295 e. The summed E-state index contributed by atoms with van der Waals surface area (Å²) in [4.78, 5) is 23.7. The lowest BCUT2D eigenvalue weighted by molar-refractivity contribution is -0.129. The number of aromatic amines is 1. The number of hydrogen-bond acceptors (Lipinski definition) is 6. The van der Waals surface area contributed by atoms with E-state index in [1.165, 1.54) is 0 Å². The zero-order valence-corrected chi connectivity index (χ0v) is 15.0. The molecule has 0 bridgehead atoms. The maximum Gasteiger partial charge on any atom is 0.258 e. The first-order chi connectivity index (χ1) is 11.3. The van der Waals surface area contributed by atoms with Crippen molar-refractivity contribution in [2.75, 3.05) is 11.5 Å². The molecule has 1 aliphatic rings. The summed E-state index contributed by atoms with van der Waals surface area (Å²) in [6.07, 6.45) is 2.10. The fraction of sp³-hybridized carbons (Fsp3) is 0.692. The fourth-order valence-electron chi connectivity index (χ4n) is 2.60. The van der Waals surface area contributed by atoms with E-state index < -0.39 is 21.7 Å². The van der Waals surface area contributed by atoms with E-state index in [2.05, 4.69) is 21.0 Å². The number of hydrogen-bond donors (Lipinski definition) is 3. The van der Waals surface area contributed by atoms with Crippen LogP contribution in [0.1, 0.15) is 32.0 Å². The number of H-pyrrole nitrogens is 1. The first-order valence-corrected chi connectivity index (χ1v) is 9.96. The second-order valence-electron chi connectivity index (χ2n) is 5.85. The molecule has 1 aliphatic heterocycles. The van der Waals surface area contributed by atoms with Gasteiger partial charge in [0.15, 0.2) is 14.6 Å². The number of rotatable bonds is 6. The molecule has 9 nitrogen and oxygen atoms in total. The van der Waals surface area contributed by atoms with Crippen LogP contribution < -0.4 is 10.9 Å². The minimum atomic E-state index is -3.01. The van der Waals surface area contributed by atoms with Crippen molar-refractivity contribution >= 4 is 33.9 Å². The summed E-state index contributed by atoms with van der Waals surface area (Å²) in [5.74, 6) is -0.201. The molecule has 2 amide bonds. The van der Waals surface area contributed by atoms with Crippen LogP contribution >= 0.6 is 12.2 Å². The van der Waals surface area contributed by atoms with Crippen LogP contribution in [0.2, 0.25) is 0 Å². The van der Waals surface area contributed by atoms with Crippen LogP contribution in [0.5, 0.6) is 0 Å². The second-order valence-corrected chi connectivity index (χ2v) is 8.47. The highest BCUT2D eigenvalue weighted by Gasteiger charge is 2.29. The first kappa shape index (κ1) is 18.6. The number of nitrogens with one attached hydrogen (secondary N) is 3. The summed E-state index contributed by atoms with van der Waals surface area (Å²) >= 11 is 5.08. The Hall–Kier alpha value is -1.75. The topological polar surface area (TPSA) is 126 Å². The molecule has 24 heavy (non-hydrogen) atoms. The van der Waals surface area contributed by atoms with Crippen molar-refractivity contribution in [3.8, 4) is 0 Å². The first-order valence-electron chi connectivity index (χ1n) is 7.73. The number of sulfone groups is 1. The fourth-order valence-corrected chi connectivity index (χ4v) is 4.67. The van der Waals surface area contributed by atoms with Gasteiger partial charge in [-0.25, -0.2) is 8.42 Å². The zero-order valence-electron chi connectivity index (χ0n) is 13.4. The predicted octanol–water partition coefficient (Wildman–Crippen LogP) is -0.135. The van der Waals surface area contributed by atoms with E-state index in [0.717, 1.165) is 6.42 Å². The molecular formula is C13H21N5O4S2. The molecule has 0 aliphatic carbocycles. The monoisotopic (exact) mass is 375 g/mol. The summed E-state index contributed by atoms with van der Waals surface area (Å²) in [7, 11) is -3.01. The van der Waals surface area contributed by atoms with Gasteiger partial charge in [-0.1, -0.05) is 6.92 Å². The Balaban J connectivity index is 1.80. The molecular weight excluding hydrogens is 354 g/mol. The van der Waals surface area contributed by atoms with Gasteiger partial charge in [0.1, 0.15) is 12.4 Å². The van der Waals surface area contributed by atoms with Gasteiger partial charge < -0.3 is 0 Å². The van der Waals surface area contributed by atoms with Crippen LogP contribution in [0.4, 0.5) is 0 Å². The van der Waals surface area contributed by atoms with E-state index in [4.69, 9.17) is 12.2 Å². The van der Waals surface area contributed by atoms with Crippen molar-refractivity contribution in [2.45, 2.75) is 39.2 Å². The third kappa shape index (κ3) is 5.13. The predicted molar refractivity (Wildman–Crippen MR) is 89.1 cm³/mol. The number of hydrazine groups is 1. The van der Waals surface area contributed by atoms with Crippen molar-refractivity contribution in [2.24, 2.45) is 5.92 Å². The Morgan fingerprint density at radius 3 is 2.71 bits per heavy atom. The Kier molecular flexibility index (Phi) is 6.10. The van der Waals surface area contributed by atoms with Crippen LogP contribution in [0.3, 0.4) is 0 Å². The lowest BCUT2D eigenvalue weighted by atomic mass is 10.1. The smallest absolute Gasteiger partial charge is 0.258 e. The van der Waals surface area contributed by atoms with E-state index in [1.54, 1.807) is 4.57 Å². The van der Waals surface area contributed by atoms with Crippen LogP contribution in [-0.4, -0.2) is 46.5 Å². The third-order valence-electron chi connectivity index (χ3n) is 3.75. The van der Waals surface area contributed by atoms with Gasteiger partial charge in [0.05, 0.1) is 11.5 Å². The molecule has 0 spiro atoms. The standard InChI is InChI=1S/C13H21N5O4S2/c1-2-3-10-14-17-13(23)18(10)7-12(20)16-15-11(19)6-9-4-5-24(21,22)8-9/h9H,2-8H2,1H3,(H,15,19)(H,16,20)(H,17,23). The minimum absolute atomic E-state index is 0.0267. The van der Waals surface area contributed by atoms with Crippen molar-refractivity contribution in [1.29, 1.82) is 0 Å². The molecule has 1 saturated heterocycles. The second kappa shape index (κ2) is 7.88. The maximum absolute atomic E-state index is 11.9. The molecule has 1 atom stereocenters. The Labute approximate surface area is 145 Å². The van der Waals surface area contributed by atoms with Crippen molar-refractivity contribution in [3.63, 3.8) is 0 Å². The molecule has 134 valence electrons. The maximum atomic E-state index is 11.9. The molecule has 0 radical (unpaired) electrons. The molecule has 2 heterocycles. The number of aryl methyl sites for hydroxylation is 1.